The van der Waals surface area contributed by atoms with Crippen LogP contribution in [0.4, 0.5) is 5.82 Å². The Morgan fingerprint density at radius 3 is 2.83 bits per heavy atom. The standard InChI is InChI=1S/C17H16ClN5S/c1-10(8-20-2)17(19)23-14-7-13(18)16-15(22-14)12(9-24-16)11-3-5-21-6-4-11/h3-9,20H,1-2H3,(H2,19,22,23)/b10-8-. The van der Waals surface area contributed by atoms with Crippen molar-refractivity contribution in [2.45, 2.75) is 6.92 Å². The summed E-state index contributed by atoms with van der Waals surface area (Å²) in [5.74, 6) is 0.885. The quantitative estimate of drug-likeness (QED) is 0.544. The molecular formula is C17H16ClN5S. The Labute approximate surface area is 148 Å². The molecule has 0 unspecified atom stereocenters. The summed E-state index contributed by atoms with van der Waals surface area (Å²) < 4.78 is 0.934. The predicted octanol–water partition coefficient (Wildman–Crippen LogP) is 4.12. The molecule has 0 radical (unpaired) electrons. The molecule has 0 aliphatic rings. The summed E-state index contributed by atoms with van der Waals surface area (Å²) in [6.45, 7) is 1.88. The fourth-order valence-electron chi connectivity index (χ4n) is 2.25. The number of aromatic nitrogens is 2. The third-order valence-corrected chi connectivity index (χ3v) is 4.87. The van der Waals surface area contributed by atoms with Crippen LogP contribution in [0.25, 0.3) is 21.3 Å². The average molecular weight is 358 g/mol. The van der Waals surface area contributed by atoms with E-state index in [0.717, 1.165) is 26.9 Å². The third-order valence-electron chi connectivity index (χ3n) is 3.46. The summed E-state index contributed by atoms with van der Waals surface area (Å²) in [6.07, 6.45) is 5.30. The molecule has 3 aromatic rings. The monoisotopic (exact) mass is 357 g/mol. The van der Waals surface area contributed by atoms with Crippen molar-refractivity contribution in [2.75, 3.05) is 7.05 Å². The molecular weight excluding hydrogens is 342 g/mol. The molecule has 0 saturated carbocycles. The largest absolute Gasteiger partial charge is 0.394 e. The Balaban J connectivity index is 2.12. The van der Waals surface area contributed by atoms with Gasteiger partial charge in [-0.2, -0.15) is 0 Å². The molecule has 0 fully saturated rings. The summed E-state index contributed by atoms with van der Waals surface area (Å²) >= 11 is 7.97. The number of halogens is 1. The number of thiophene rings is 1. The van der Waals surface area contributed by atoms with E-state index in [1.807, 2.05) is 31.5 Å². The van der Waals surface area contributed by atoms with Crippen LogP contribution >= 0.6 is 22.9 Å². The van der Waals surface area contributed by atoms with Crippen molar-refractivity contribution in [1.29, 1.82) is 0 Å². The Morgan fingerprint density at radius 2 is 2.12 bits per heavy atom. The van der Waals surface area contributed by atoms with Crippen molar-refractivity contribution in [3.63, 3.8) is 0 Å². The molecule has 0 amide bonds. The number of amidine groups is 1. The van der Waals surface area contributed by atoms with E-state index in [1.165, 1.54) is 0 Å². The Hall–Kier alpha value is -2.44. The molecule has 122 valence electrons. The number of nitrogens with one attached hydrogen (secondary N) is 1. The maximum absolute atomic E-state index is 6.41. The van der Waals surface area contributed by atoms with Gasteiger partial charge in [0, 0.05) is 48.2 Å². The van der Waals surface area contributed by atoms with Gasteiger partial charge in [0.25, 0.3) is 0 Å². The van der Waals surface area contributed by atoms with Crippen LogP contribution < -0.4 is 11.1 Å². The lowest BCUT2D eigenvalue weighted by atomic mass is 10.1. The van der Waals surface area contributed by atoms with E-state index >= 15 is 0 Å². The highest BCUT2D eigenvalue weighted by Gasteiger charge is 2.12. The molecule has 5 nitrogen and oxygen atoms in total. The summed E-state index contributed by atoms with van der Waals surface area (Å²) in [5.41, 5.74) is 9.71. The summed E-state index contributed by atoms with van der Waals surface area (Å²) in [4.78, 5) is 13.1. The molecule has 7 heteroatoms. The number of nitrogens with zero attached hydrogens (tertiary/aromatic N) is 3. The number of nitrogens with two attached hydrogens (primary N) is 1. The smallest absolute Gasteiger partial charge is 0.156 e. The van der Waals surface area contributed by atoms with Crippen LogP contribution in [0.15, 0.2) is 52.7 Å². The van der Waals surface area contributed by atoms with E-state index < -0.39 is 0 Å². The lowest BCUT2D eigenvalue weighted by Crippen LogP contribution is -2.14. The van der Waals surface area contributed by atoms with Crippen molar-refractivity contribution in [3.8, 4) is 11.1 Å². The van der Waals surface area contributed by atoms with Gasteiger partial charge in [-0.05, 0) is 24.6 Å². The van der Waals surface area contributed by atoms with Gasteiger partial charge in [-0.25, -0.2) is 9.98 Å². The minimum absolute atomic E-state index is 0.396. The average Bonchev–Trinajstić information content (AvgIpc) is 3.00. The van der Waals surface area contributed by atoms with Gasteiger partial charge in [0.1, 0.15) is 5.84 Å². The second kappa shape index (κ2) is 6.98. The number of pyridine rings is 2. The molecule has 0 aliphatic carbocycles. The highest BCUT2D eigenvalue weighted by atomic mass is 35.5. The first kappa shape index (κ1) is 16.4. The van der Waals surface area contributed by atoms with Gasteiger partial charge >= 0.3 is 0 Å². The number of rotatable bonds is 4. The molecule has 3 rings (SSSR count). The zero-order valence-corrected chi connectivity index (χ0v) is 14.8. The number of hydrogen-bond acceptors (Lipinski definition) is 5. The molecule has 24 heavy (non-hydrogen) atoms. The first-order valence-corrected chi connectivity index (χ1v) is 8.52. The second-order valence-corrected chi connectivity index (χ2v) is 6.43. The van der Waals surface area contributed by atoms with Gasteiger partial charge in [0.15, 0.2) is 5.82 Å². The van der Waals surface area contributed by atoms with E-state index in [4.69, 9.17) is 17.3 Å². The van der Waals surface area contributed by atoms with Crippen LogP contribution in [0.2, 0.25) is 5.02 Å². The predicted molar refractivity (Wildman–Crippen MR) is 102 cm³/mol. The minimum atomic E-state index is 0.396. The van der Waals surface area contributed by atoms with Crippen molar-refractivity contribution < 1.29 is 0 Å². The van der Waals surface area contributed by atoms with Crippen LogP contribution in [-0.2, 0) is 0 Å². The van der Waals surface area contributed by atoms with Crippen molar-refractivity contribution in [3.05, 3.63) is 52.8 Å². The molecule has 0 spiro atoms. The van der Waals surface area contributed by atoms with Crippen molar-refractivity contribution >= 4 is 44.8 Å². The Kier molecular flexibility index (Phi) is 4.78. The first-order valence-electron chi connectivity index (χ1n) is 7.27. The van der Waals surface area contributed by atoms with Gasteiger partial charge in [-0.1, -0.05) is 11.6 Å². The molecule has 0 saturated heterocycles. The lowest BCUT2D eigenvalue weighted by Gasteiger charge is -2.04. The van der Waals surface area contributed by atoms with Gasteiger partial charge < -0.3 is 11.1 Å². The van der Waals surface area contributed by atoms with Crippen molar-refractivity contribution in [1.82, 2.24) is 15.3 Å². The van der Waals surface area contributed by atoms with E-state index in [9.17, 15) is 0 Å². The third kappa shape index (κ3) is 3.25. The SMILES string of the molecule is CN/C=C(/C)C(N)=Nc1cc(Cl)c2scc(-c3ccncc3)c2n1. The van der Waals surface area contributed by atoms with Gasteiger partial charge in [0.2, 0.25) is 0 Å². The first-order chi connectivity index (χ1) is 11.6. The topological polar surface area (TPSA) is 76.2 Å². The number of fused-ring (bicyclic) bond motifs is 1. The molecule has 0 aromatic carbocycles. The molecule has 3 heterocycles. The fraction of sp³-hybridized carbons (Fsp3) is 0.118. The van der Waals surface area contributed by atoms with Gasteiger partial charge in [0.05, 0.1) is 15.2 Å². The minimum Gasteiger partial charge on any atom is -0.394 e. The normalized spacial score (nSPS) is 12.6. The Bertz CT molecular complexity index is 931. The highest BCUT2D eigenvalue weighted by molar-refractivity contribution is 7.18. The highest BCUT2D eigenvalue weighted by Crippen LogP contribution is 2.38. The van der Waals surface area contributed by atoms with Crippen molar-refractivity contribution in [2.24, 2.45) is 10.7 Å². The van der Waals surface area contributed by atoms with E-state index in [0.29, 0.717) is 16.7 Å². The maximum Gasteiger partial charge on any atom is 0.156 e. The van der Waals surface area contributed by atoms with Crippen LogP contribution in [0.5, 0.6) is 0 Å². The lowest BCUT2D eigenvalue weighted by molar-refractivity contribution is 1.09. The Morgan fingerprint density at radius 1 is 1.38 bits per heavy atom. The molecule has 3 aromatic heterocycles. The van der Waals surface area contributed by atoms with E-state index in [1.54, 1.807) is 36.0 Å². The van der Waals surface area contributed by atoms with Crippen LogP contribution in [0.3, 0.4) is 0 Å². The summed E-state index contributed by atoms with van der Waals surface area (Å²) in [7, 11) is 1.81. The van der Waals surface area contributed by atoms with Gasteiger partial charge in [-0.3, -0.25) is 4.98 Å². The number of hydrogen-bond donors (Lipinski definition) is 2. The fourth-order valence-corrected chi connectivity index (χ4v) is 3.50. The molecule has 0 atom stereocenters. The van der Waals surface area contributed by atoms with Crippen LogP contribution in [0, 0.1) is 0 Å². The zero-order valence-electron chi connectivity index (χ0n) is 13.2. The maximum atomic E-state index is 6.41. The van der Waals surface area contributed by atoms with E-state index in [2.05, 4.69) is 20.3 Å². The van der Waals surface area contributed by atoms with Crippen LogP contribution in [0.1, 0.15) is 6.92 Å². The number of aliphatic imine (C=N–C) groups is 1. The molecule has 3 N–H and O–H groups in total. The molecule has 0 bridgehead atoms. The summed E-state index contributed by atoms with van der Waals surface area (Å²) in [6, 6.07) is 5.62. The zero-order chi connectivity index (χ0) is 17.1. The second-order valence-electron chi connectivity index (χ2n) is 5.14. The molecule has 0 aliphatic heterocycles. The summed E-state index contributed by atoms with van der Waals surface area (Å²) in [5, 5.41) is 5.59. The van der Waals surface area contributed by atoms with E-state index in [-0.39, 0.29) is 0 Å². The van der Waals surface area contributed by atoms with Gasteiger partial charge in [-0.15, -0.1) is 11.3 Å². The van der Waals surface area contributed by atoms with Crippen LogP contribution in [-0.4, -0.2) is 22.9 Å².